The first kappa shape index (κ1) is 17.4. The summed E-state index contributed by atoms with van der Waals surface area (Å²) < 4.78 is 13.1. The molecule has 0 saturated carbocycles. The summed E-state index contributed by atoms with van der Waals surface area (Å²) in [5.41, 5.74) is 0.624. The summed E-state index contributed by atoms with van der Waals surface area (Å²) in [6.45, 7) is 7.70. The molecule has 0 aliphatic carbocycles. The normalized spacial score (nSPS) is 14.4. The molecule has 1 aromatic rings. The van der Waals surface area contributed by atoms with Gasteiger partial charge < -0.3 is 15.3 Å². The van der Waals surface area contributed by atoms with Crippen LogP contribution in [0.1, 0.15) is 39.3 Å². The van der Waals surface area contributed by atoms with Crippen molar-refractivity contribution in [1.82, 2.24) is 10.2 Å². The molecule has 0 aliphatic heterocycles. The minimum Gasteiger partial charge on any atom is -0.394 e. The van der Waals surface area contributed by atoms with Gasteiger partial charge in [0.15, 0.2) is 0 Å². The van der Waals surface area contributed by atoms with Crippen molar-refractivity contribution >= 4 is 6.03 Å². The Balaban J connectivity index is 2.95. The number of hydrogen-bond acceptors (Lipinski definition) is 2. The quantitative estimate of drug-likeness (QED) is 0.897. The van der Waals surface area contributed by atoms with E-state index in [0.29, 0.717) is 0 Å². The fraction of sp³-hybridized carbons (Fsp3) is 0.562. The summed E-state index contributed by atoms with van der Waals surface area (Å²) in [7, 11) is 1.64. The zero-order valence-electron chi connectivity index (χ0n) is 13.4. The number of aliphatic hydroxyl groups is 1. The highest BCUT2D eigenvalue weighted by Gasteiger charge is 2.29. The summed E-state index contributed by atoms with van der Waals surface area (Å²) >= 11 is 0. The Morgan fingerprint density at radius 2 is 1.86 bits per heavy atom. The van der Waals surface area contributed by atoms with Crippen molar-refractivity contribution in [3.8, 4) is 0 Å². The molecule has 0 radical (unpaired) electrons. The van der Waals surface area contributed by atoms with Crippen LogP contribution in [0.15, 0.2) is 24.3 Å². The highest BCUT2D eigenvalue weighted by Crippen LogP contribution is 2.33. The van der Waals surface area contributed by atoms with Gasteiger partial charge in [-0.15, -0.1) is 0 Å². The van der Waals surface area contributed by atoms with E-state index >= 15 is 0 Å². The molecule has 0 bridgehead atoms. The van der Waals surface area contributed by atoms with E-state index in [0.717, 1.165) is 5.56 Å². The first-order valence-corrected chi connectivity index (χ1v) is 7.06. The molecule has 2 unspecified atom stereocenters. The molecule has 118 valence electrons. The Labute approximate surface area is 126 Å². The molecule has 21 heavy (non-hydrogen) atoms. The Morgan fingerprint density at radius 3 is 2.29 bits per heavy atom. The number of rotatable bonds is 4. The van der Waals surface area contributed by atoms with Gasteiger partial charge in [-0.1, -0.05) is 32.9 Å². The van der Waals surface area contributed by atoms with Crippen LogP contribution in [0.4, 0.5) is 9.18 Å². The lowest BCUT2D eigenvalue weighted by Gasteiger charge is -2.34. The number of nitrogens with zero attached hydrogens (tertiary/aromatic N) is 1. The molecule has 5 heteroatoms. The average Bonchev–Trinajstić information content (AvgIpc) is 2.42. The summed E-state index contributed by atoms with van der Waals surface area (Å²) in [5.74, 6) is -0.302. The standard InChI is InChI=1S/C16H25FN2O2/c1-11(10-20)19(5)15(21)18-14(16(2,3)4)12-6-8-13(17)9-7-12/h6-9,11,14,20H,10H2,1-5H3,(H,18,21). The Bertz CT molecular complexity index is 468. The largest absolute Gasteiger partial charge is 0.394 e. The third kappa shape index (κ3) is 4.70. The maximum Gasteiger partial charge on any atom is 0.317 e. The van der Waals surface area contributed by atoms with Crippen molar-refractivity contribution < 1.29 is 14.3 Å². The summed E-state index contributed by atoms with van der Waals surface area (Å²) in [5, 5.41) is 12.1. The Hall–Kier alpha value is -1.62. The number of carbonyl (C=O) groups excluding carboxylic acids is 1. The van der Waals surface area contributed by atoms with Crippen LogP contribution in [-0.4, -0.2) is 35.7 Å². The van der Waals surface area contributed by atoms with Gasteiger partial charge in [-0.05, 0) is 30.0 Å². The molecule has 0 saturated heterocycles. The van der Waals surface area contributed by atoms with Crippen LogP contribution in [0.5, 0.6) is 0 Å². The van der Waals surface area contributed by atoms with Gasteiger partial charge in [0.2, 0.25) is 0 Å². The van der Waals surface area contributed by atoms with E-state index in [1.54, 1.807) is 26.1 Å². The predicted octanol–water partition coefficient (Wildman–Crippen LogP) is 2.94. The summed E-state index contributed by atoms with van der Waals surface area (Å²) in [6, 6.07) is 5.36. The average molecular weight is 296 g/mol. The van der Waals surface area contributed by atoms with E-state index < -0.39 is 0 Å². The SMILES string of the molecule is CC(CO)N(C)C(=O)NC(c1ccc(F)cc1)C(C)(C)C. The van der Waals surface area contributed by atoms with Crippen LogP contribution in [0.25, 0.3) is 0 Å². The second kappa shape index (κ2) is 6.89. The van der Waals surface area contributed by atoms with Crippen molar-refractivity contribution in [2.75, 3.05) is 13.7 Å². The minimum absolute atomic E-state index is 0.0966. The molecule has 4 nitrogen and oxygen atoms in total. The number of likely N-dealkylation sites (N-methyl/N-ethyl adjacent to an activating group) is 1. The molecule has 0 heterocycles. The van der Waals surface area contributed by atoms with Gasteiger partial charge in [0.1, 0.15) is 5.82 Å². The zero-order chi connectivity index (χ0) is 16.2. The van der Waals surface area contributed by atoms with Crippen LogP contribution >= 0.6 is 0 Å². The number of halogens is 1. The Morgan fingerprint density at radius 1 is 1.33 bits per heavy atom. The number of urea groups is 1. The van der Waals surface area contributed by atoms with Gasteiger partial charge in [-0.2, -0.15) is 0 Å². The number of nitrogens with one attached hydrogen (secondary N) is 1. The highest BCUT2D eigenvalue weighted by atomic mass is 19.1. The van der Waals surface area contributed by atoms with Crippen molar-refractivity contribution in [2.45, 2.75) is 39.8 Å². The fourth-order valence-corrected chi connectivity index (χ4v) is 2.00. The molecular formula is C16H25FN2O2. The number of amides is 2. The van der Waals surface area contributed by atoms with E-state index in [1.807, 2.05) is 20.8 Å². The van der Waals surface area contributed by atoms with E-state index in [1.165, 1.54) is 17.0 Å². The molecule has 0 aromatic heterocycles. The second-order valence-corrected chi connectivity index (χ2v) is 6.44. The molecule has 2 N–H and O–H groups in total. The van der Waals surface area contributed by atoms with Crippen LogP contribution in [0.3, 0.4) is 0 Å². The van der Waals surface area contributed by atoms with Gasteiger partial charge in [-0.25, -0.2) is 9.18 Å². The van der Waals surface area contributed by atoms with Gasteiger partial charge in [-0.3, -0.25) is 0 Å². The Kier molecular flexibility index (Phi) is 5.72. The van der Waals surface area contributed by atoms with E-state index in [4.69, 9.17) is 5.11 Å². The lowest BCUT2D eigenvalue weighted by atomic mass is 9.82. The van der Waals surface area contributed by atoms with Crippen molar-refractivity contribution in [1.29, 1.82) is 0 Å². The monoisotopic (exact) mass is 296 g/mol. The van der Waals surface area contributed by atoms with Gasteiger partial charge in [0, 0.05) is 7.05 Å². The van der Waals surface area contributed by atoms with E-state index in [2.05, 4.69) is 5.32 Å². The maximum atomic E-state index is 13.1. The summed E-state index contributed by atoms with van der Waals surface area (Å²) in [6.07, 6.45) is 0. The first-order chi connectivity index (χ1) is 9.66. The topological polar surface area (TPSA) is 52.6 Å². The van der Waals surface area contributed by atoms with Crippen LogP contribution in [0, 0.1) is 11.2 Å². The smallest absolute Gasteiger partial charge is 0.317 e. The lowest BCUT2D eigenvalue weighted by molar-refractivity contribution is 0.147. The third-order valence-electron chi connectivity index (χ3n) is 3.58. The van der Waals surface area contributed by atoms with E-state index in [-0.39, 0.29) is 36.0 Å². The lowest BCUT2D eigenvalue weighted by Crippen LogP contribution is -2.47. The minimum atomic E-state index is -0.302. The van der Waals surface area contributed by atoms with Crippen molar-refractivity contribution in [2.24, 2.45) is 5.41 Å². The maximum absolute atomic E-state index is 13.1. The van der Waals surface area contributed by atoms with Crippen LogP contribution < -0.4 is 5.32 Å². The predicted molar refractivity (Wildman–Crippen MR) is 81.4 cm³/mol. The number of aliphatic hydroxyl groups excluding tert-OH is 1. The van der Waals surface area contributed by atoms with Crippen molar-refractivity contribution in [3.05, 3.63) is 35.6 Å². The highest BCUT2D eigenvalue weighted by molar-refractivity contribution is 5.74. The molecule has 1 aromatic carbocycles. The fourth-order valence-electron chi connectivity index (χ4n) is 2.00. The van der Waals surface area contributed by atoms with Gasteiger partial charge in [0.05, 0.1) is 18.7 Å². The molecule has 0 aliphatic rings. The van der Waals surface area contributed by atoms with Gasteiger partial charge in [0.25, 0.3) is 0 Å². The second-order valence-electron chi connectivity index (χ2n) is 6.44. The van der Waals surface area contributed by atoms with E-state index in [9.17, 15) is 9.18 Å². The zero-order valence-corrected chi connectivity index (χ0v) is 13.4. The number of carbonyl (C=O) groups is 1. The first-order valence-electron chi connectivity index (χ1n) is 7.06. The molecule has 2 atom stereocenters. The van der Waals surface area contributed by atoms with Crippen molar-refractivity contribution in [3.63, 3.8) is 0 Å². The third-order valence-corrected chi connectivity index (χ3v) is 3.58. The molecule has 0 fully saturated rings. The number of benzene rings is 1. The van der Waals surface area contributed by atoms with Crippen LogP contribution in [-0.2, 0) is 0 Å². The van der Waals surface area contributed by atoms with Crippen LogP contribution in [0.2, 0.25) is 0 Å². The van der Waals surface area contributed by atoms with Gasteiger partial charge >= 0.3 is 6.03 Å². The molecular weight excluding hydrogens is 271 g/mol. The summed E-state index contributed by atoms with van der Waals surface area (Å²) in [4.78, 5) is 13.7. The molecule has 0 spiro atoms. The molecule has 2 amide bonds. The number of hydrogen-bond donors (Lipinski definition) is 2. The molecule has 1 rings (SSSR count).